The normalized spacial score (nSPS) is 11.2. The number of aromatic nitrogens is 2. The molecular formula is C14H10F3N3. The van der Waals surface area contributed by atoms with Crippen molar-refractivity contribution in [1.29, 1.82) is 0 Å². The molecule has 0 aliphatic rings. The summed E-state index contributed by atoms with van der Waals surface area (Å²) in [6.07, 6.45) is 0. The Morgan fingerprint density at radius 3 is 2.60 bits per heavy atom. The van der Waals surface area contributed by atoms with Gasteiger partial charge in [-0.05, 0) is 30.7 Å². The molecule has 0 fully saturated rings. The Balaban J connectivity index is 2.44. The lowest BCUT2D eigenvalue weighted by molar-refractivity contribution is 0.566. The fourth-order valence-corrected chi connectivity index (χ4v) is 2.15. The van der Waals surface area contributed by atoms with Crippen LogP contribution in [0.4, 0.5) is 19.1 Å². The van der Waals surface area contributed by atoms with Gasteiger partial charge >= 0.3 is 0 Å². The minimum absolute atomic E-state index is 0.103. The van der Waals surface area contributed by atoms with Crippen LogP contribution in [0.1, 0.15) is 5.56 Å². The Labute approximate surface area is 112 Å². The molecular weight excluding hydrogens is 267 g/mol. The van der Waals surface area contributed by atoms with Crippen LogP contribution < -0.4 is 5.73 Å². The van der Waals surface area contributed by atoms with Gasteiger partial charge in [-0.25, -0.2) is 18.2 Å². The molecule has 0 saturated carbocycles. The van der Waals surface area contributed by atoms with E-state index in [1.807, 2.05) is 0 Å². The quantitative estimate of drug-likeness (QED) is 0.741. The SMILES string of the molecule is Cc1ccc(F)c(-n2c(N)nc3ccc(F)cc32)c1F. The second-order valence-electron chi connectivity index (χ2n) is 4.47. The van der Waals surface area contributed by atoms with Crippen LogP contribution in [0.25, 0.3) is 16.7 Å². The van der Waals surface area contributed by atoms with Crippen LogP contribution in [0.2, 0.25) is 0 Å². The number of imidazole rings is 1. The van der Waals surface area contributed by atoms with Gasteiger partial charge in [-0.3, -0.25) is 4.57 Å². The van der Waals surface area contributed by atoms with E-state index in [0.717, 1.165) is 16.7 Å². The minimum Gasteiger partial charge on any atom is -0.369 e. The van der Waals surface area contributed by atoms with E-state index in [0.29, 0.717) is 5.52 Å². The third kappa shape index (κ3) is 1.72. The van der Waals surface area contributed by atoms with Gasteiger partial charge in [0.1, 0.15) is 17.3 Å². The van der Waals surface area contributed by atoms with Gasteiger partial charge in [0, 0.05) is 6.07 Å². The fourth-order valence-electron chi connectivity index (χ4n) is 2.15. The molecule has 0 aliphatic heterocycles. The standard InChI is InChI=1S/C14H10F3N3/c1-7-2-4-9(16)13(12(7)17)20-11-6-8(15)3-5-10(11)19-14(20)18/h2-6H,1H3,(H2,18,19). The fraction of sp³-hybridized carbons (Fsp3) is 0.0714. The van der Waals surface area contributed by atoms with Crippen molar-refractivity contribution in [2.75, 3.05) is 5.73 Å². The maximum Gasteiger partial charge on any atom is 0.206 e. The molecule has 0 atom stereocenters. The second kappa shape index (κ2) is 4.26. The maximum absolute atomic E-state index is 14.2. The topological polar surface area (TPSA) is 43.8 Å². The number of hydrogen-bond acceptors (Lipinski definition) is 2. The van der Waals surface area contributed by atoms with Gasteiger partial charge in [0.2, 0.25) is 5.95 Å². The first-order chi connectivity index (χ1) is 9.49. The number of nitrogen functional groups attached to an aromatic ring is 1. The number of halogens is 3. The van der Waals surface area contributed by atoms with Crippen molar-refractivity contribution in [3.05, 3.63) is 53.3 Å². The number of nitrogens with two attached hydrogens (primary N) is 1. The van der Waals surface area contributed by atoms with E-state index in [1.165, 1.54) is 25.1 Å². The zero-order valence-corrected chi connectivity index (χ0v) is 10.5. The smallest absolute Gasteiger partial charge is 0.206 e. The van der Waals surface area contributed by atoms with Crippen LogP contribution in [0, 0.1) is 24.4 Å². The zero-order chi connectivity index (χ0) is 14.4. The van der Waals surface area contributed by atoms with E-state index >= 15 is 0 Å². The molecule has 3 aromatic rings. The lowest BCUT2D eigenvalue weighted by Crippen LogP contribution is -2.07. The average Bonchev–Trinajstić information content (AvgIpc) is 2.71. The Morgan fingerprint density at radius 1 is 1.10 bits per heavy atom. The van der Waals surface area contributed by atoms with E-state index in [4.69, 9.17) is 5.73 Å². The van der Waals surface area contributed by atoms with Crippen LogP contribution in [-0.2, 0) is 0 Å². The molecule has 0 bridgehead atoms. The van der Waals surface area contributed by atoms with E-state index < -0.39 is 17.5 Å². The molecule has 0 radical (unpaired) electrons. The van der Waals surface area contributed by atoms with Gasteiger partial charge in [-0.1, -0.05) is 6.07 Å². The number of nitrogens with zero attached hydrogens (tertiary/aromatic N) is 2. The summed E-state index contributed by atoms with van der Waals surface area (Å²) in [6.45, 7) is 1.51. The van der Waals surface area contributed by atoms with Crippen LogP contribution in [0.15, 0.2) is 30.3 Å². The Morgan fingerprint density at radius 2 is 1.85 bits per heavy atom. The van der Waals surface area contributed by atoms with Gasteiger partial charge < -0.3 is 5.73 Å². The molecule has 2 N–H and O–H groups in total. The van der Waals surface area contributed by atoms with E-state index in [9.17, 15) is 13.2 Å². The van der Waals surface area contributed by atoms with Gasteiger partial charge in [-0.15, -0.1) is 0 Å². The highest BCUT2D eigenvalue weighted by atomic mass is 19.1. The molecule has 20 heavy (non-hydrogen) atoms. The highest BCUT2D eigenvalue weighted by Gasteiger charge is 2.19. The molecule has 102 valence electrons. The molecule has 0 unspecified atom stereocenters. The molecule has 0 saturated heterocycles. The average molecular weight is 277 g/mol. The molecule has 0 aliphatic carbocycles. The number of aryl methyl sites for hydroxylation is 1. The zero-order valence-electron chi connectivity index (χ0n) is 10.5. The first-order valence-corrected chi connectivity index (χ1v) is 5.87. The van der Waals surface area contributed by atoms with Crippen LogP contribution in [-0.4, -0.2) is 9.55 Å². The largest absolute Gasteiger partial charge is 0.369 e. The van der Waals surface area contributed by atoms with Crippen LogP contribution in [0.3, 0.4) is 0 Å². The Kier molecular flexibility index (Phi) is 2.67. The summed E-state index contributed by atoms with van der Waals surface area (Å²) in [7, 11) is 0. The van der Waals surface area contributed by atoms with Crippen molar-refractivity contribution >= 4 is 17.0 Å². The second-order valence-corrected chi connectivity index (χ2v) is 4.47. The molecule has 0 amide bonds. The van der Waals surface area contributed by atoms with Gasteiger partial charge in [0.25, 0.3) is 0 Å². The maximum atomic E-state index is 14.2. The highest BCUT2D eigenvalue weighted by Crippen LogP contribution is 2.28. The van der Waals surface area contributed by atoms with Gasteiger partial charge in [0.15, 0.2) is 5.82 Å². The van der Waals surface area contributed by atoms with E-state index in [-0.39, 0.29) is 22.7 Å². The minimum atomic E-state index is -0.789. The number of fused-ring (bicyclic) bond motifs is 1. The van der Waals surface area contributed by atoms with Crippen molar-refractivity contribution in [3.8, 4) is 5.69 Å². The lowest BCUT2D eigenvalue weighted by atomic mass is 10.2. The van der Waals surface area contributed by atoms with Crippen LogP contribution in [0.5, 0.6) is 0 Å². The van der Waals surface area contributed by atoms with Crippen molar-refractivity contribution in [2.45, 2.75) is 6.92 Å². The molecule has 3 nitrogen and oxygen atoms in total. The third-order valence-electron chi connectivity index (χ3n) is 3.13. The predicted octanol–water partition coefficient (Wildman–Crippen LogP) is 3.33. The van der Waals surface area contributed by atoms with Crippen molar-refractivity contribution in [1.82, 2.24) is 9.55 Å². The Bertz CT molecular complexity index is 824. The summed E-state index contributed by atoms with van der Waals surface area (Å²) in [4.78, 5) is 3.98. The van der Waals surface area contributed by atoms with Crippen molar-refractivity contribution < 1.29 is 13.2 Å². The summed E-state index contributed by atoms with van der Waals surface area (Å²) in [5.74, 6) is -2.18. The molecule has 6 heteroatoms. The lowest BCUT2D eigenvalue weighted by Gasteiger charge is -2.10. The summed E-state index contributed by atoms with van der Waals surface area (Å²) in [6, 6.07) is 6.22. The molecule has 2 aromatic carbocycles. The number of anilines is 1. The van der Waals surface area contributed by atoms with Crippen molar-refractivity contribution in [3.63, 3.8) is 0 Å². The van der Waals surface area contributed by atoms with Crippen molar-refractivity contribution in [2.24, 2.45) is 0 Å². The van der Waals surface area contributed by atoms with Gasteiger partial charge in [-0.2, -0.15) is 0 Å². The molecule has 1 heterocycles. The van der Waals surface area contributed by atoms with Gasteiger partial charge in [0.05, 0.1) is 11.0 Å². The molecule has 0 spiro atoms. The summed E-state index contributed by atoms with van der Waals surface area (Å²) < 4.78 is 42.6. The van der Waals surface area contributed by atoms with E-state index in [1.54, 1.807) is 0 Å². The summed E-state index contributed by atoms with van der Waals surface area (Å²) in [5, 5.41) is 0. The molecule has 1 aromatic heterocycles. The summed E-state index contributed by atoms with van der Waals surface area (Å²) in [5.41, 5.74) is 6.21. The number of benzene rings is 2. The van der Waals surface area contributed by atoms with E-state index in [2.05, 4.69) is 4.98 Å². The summed E-state index contributed by atoms with van der Waals surface area (Å²) >= 11 is 0. The number of hydrogen-bond donors (Lipinski definition) is 1. The number of rotatable bonds is 1. The first-order valence-electron chi connectivity index (χ1n) is 5.87. The van der Waals surface area contributed by atoms with Crippen LogP contribution >= 0.6 is 0 Å². The Hall–Kier alpha value is -2.50. The molecule has 3 rings (SSSR count). The monoisotopic (exact) mass is 277 g/mol. The first kappa shape index (κ1) is 12.5. The predicted molar refractivity (Wildman–Crippen MR) is 70.1 cm³/mol. The highest BCUT2D eigenvalue weighted by molar-refractivity contribution is 5.81. The third-order valence-corrected chi connectivity index (χ3v) is 3.13.